The molecule has 1 unspecified atom stereocenters. The molecule has 1 aliphatic heterocycles. The number of likely N-dealkylation sites (tertiary alicyclic amines) is 1. The van der Waals surface area contributed by atoms with Gasteiger partial charge in [0.2, 0.25) is 5.76 Å². The quantitative estimate of drug-likeness (QED) is 0.402. The van der Waals surface area contributed by atoms with Crippen molar-refractivity contribution in [3.63, 3.8) is 0 Å². The Labute approximate surface area is 205 Å². The van der Waals surface area contributed by atoms with Gasteiger partial charge in [-0.15, -0.1) is 0 Å². The highest BCUT2D eigenvalue weighted by molar-refractivity contribution is 6.00. The van der Waals surface area contributed by atoms with Gasteiger partial charge in [0.05, 0.1) is 25.0 Å². The van der Waals surface area contributed by atoms with Crippen molar-refractivity contribution in [1.29, 1.82) is 0 Å². The number of anilines is 2. The van der Waals surface area contributed by atoms with Crippen molar-refractivity contribution in [1.82, 2.24) is 0 Å². The molecule has 1 aromatic heterocycles. The lowest BCUT2D eigenvalue weighted by atomic mass is 10.2. The van der Waals surface area contributed by atoms with Crippen LogP contribution in [0.5, 0.6) is 5.75 Å². The smallest absolute Gasteiger partial charge is 0.429 e. The molecule has 7 heteroatoms. The molecule has 35 heavy (non-hydrogen) atoms. The van der Waals surface area contributed by atoms with Gasteiger partial charge in [-0.3, -0.25) is 5.32 Å². The molecule has 3 aromatic rings. The van der Waals surface area contributed by atoms with Crippen LogP contribution >= 0.6 is 0 Å². The van der Waals surface area contributed by atoms with Gasteiger partial charge in [0.25, 0.3) is 0 Å². The molecule has 2 heterocycles. The lowest BCUT2D eigenvalue weighted by Crippen LogP contribution is -2.60. The first-order valence-corrected chi connectivity index (χ1v) is 11.6. The minimum absolute atomic E-state index is 0.159. The molecule has 4 rings (SSSR count). The summed E-state index contributed by atoms with van der Waals surface area (Å²) in [7, 11) is 1.61. The van der Waals surface area contributed by atoms with E-state index >= 15 is 0 Å². The Morgan fingerprint density at radius 3 is 2.43 bits per heavy atom. The average Bonchev–Trinajstić information content (AvgIpc) is 3.53. The second kappa shape index (κ2) is 10.0. The van der Waals surface area contributed by atoms with Gasteiger partial charge in [0.1, 0.15) is 17.6 Å². The summed E-state index contributed by atoms with van der Waals surface area (Å²) >= 11 is 0. The van der Waals surface area contributed by atoms with Crippen LogP contribution in [0.1, 0.15) is 30.3 Å². The van der Waals surface area contributed by atoms with E-state index in [1.54, 1.807) is 42.6 Å². The largest absolute Gasteiger partial charge is 0.497 e. The normalized spacial score (nSPS) is 19.1. The maximum absolute atomic E-state index is 13.8. The highest BCUT2D eigenvalue weighted by Crippen LogP contribution is 2.35. The molecule has 180 valence electrons. The molecule has 1 N–H and O–H groups in total. The van der Waals surface area contributed by atoms with Crippen LogP contribution < -0.4 is 15.0 Å². The lowest BCUT2D eigenvalue weighted by molar-refractivity contribution is -0.776. The third kappa shape index (κ3) is 4.38. The number of nitrogens with zero attached hydrogens (tertiary/aromatic N) is 2. The lowest BCUT2D eigenvalue weighted by Gasteiger charge is -2.32. The molecule has 0 radical (unpaired) electrons. The van der Waals surface area contributed by atoms with Crippen molar-refractivity contribution in [3.8, 4) is 17.1 Å². The fourth-order valence-electron chi connectivity index (χ4n) is 4.62. The number of imide groups is 1. The summed E-state index contributed by atoms with van der Waals surface area (Å²) in [5.74, 6) is 1.09. The third-order valence-corrected chi connectivity index (χ3v) is 6.62. The number of furan rings is 1. The van der Waals surface area contributed by atoms with Gasteiger partial charge in [0.15, 0.2) is 0 Å². The Kier molecular flexibility index (Phi) is 6.89. The van der Waals surface area contributed by atoms with Crippen molar-refractivity contribution >= 4 is 23.3 Å². The number of rotatable bonds is 7. The van der Waals surface area contributed by atoms with Gasteiger partial charge in [0, 0.05) is 30.8 Å². The Morgan fingerprint density at radius 1 is 1.09 bits per heavy atom. The number of carbonyl (C=O) groups is 2. The Hall–Kier alpha value is -4.10. The van der Waals surface area contributed by atoms with E-state index in [9.17, 15) is 9.59 Å². The SMILES string of the molecule is C=CN(C=C)c1ccccc1NC(=O)[N+]1(C(=O)c2ccc(-c3ccc(OC)cc3)o2)CCC[C@H]1C. The molecule has 2 aromatic carbocycles. The molecule has 3 amide bonds. The van der Waals surface area contributed by atoms with E-state index in [0.29, 0.717) is 23.7 Å². The van der Waals surface area contributed by atoms with Crippen LogP contribution in [-0.2, 0) is 0 Å². The molecular formula is C28H30N3O4+. The van der Waals surface area contributed by atoms with Crippen LogP contribution in [0, 0.1) is 0 Å². The summed E-state index contributed by atoms with van der Waals surface area (Å²) in [6, 6.07) is 17.5. The number of quaternary nitrogens is 1. The van der Waals surface area contributed by atoms with Crippen molar-refractivity contribution in [2.45, 2.75) is 25.8 Å². The summed E-state index contributed by atoms with van der Waals surface area (Å²) < 4.78 is 10.8. The maximum atomic E-state index is 13.8. The van der Waals surface area contributed by atoms with Crippen LogP contribution in [0.4, 0.5) is 16.2 Å². The Balaban J connectivity index is 1.65. The molecule has 0 spiro atoms. The van der Waals surface area contributed by atoms with Gasteiger partial charge in [-0.25, -0.2) is 9.59 Å². The molecule has 2 atom stereocenters. The monoisotopic (exact) mass is 472 g/mol. The zero-order valence-electron chi connectivity index (χ0n) is 20.1. The van der Waals surface area contributed by atoms with E-state index < -0.39 is 0 Å². The van der Waals surface area contributed by atoms with Gasteiger partial charge in [-0.05, 0) is 55.5 Å². The average molecular weight is 473 g/mol. The maximum Gasteiger partial charge on any atom is 0.429 e. The fraction of sp³-hybridized carbons (Fsp3) is 0.214. The third-order valence-electron chi connectivity index (χ3n) is 6.62. The number of urea groups is 1. The second-order valence-corrected chi connectivity index (χ2v) is 8.50. The van der Waals surface area contributed by atoms with E-state index in [0.717, 1.165) is 24.2 Å². The first kappa shape index (κ1) is 24.0. The predicted molar refractivity (Wildman–Crippen MR) is 137 cm³/mol. The predicted octanol–water partition coefficient (Wildman–Crippen LogP) is 6.42. The molecule has 1 fully saturated rings. The van der Waals surface area contributed by atoms with Crippen molar-refractivity contribution in [3.05, 3.63) is 92.0 Å². The number of benzene rings is 2. The molecule has 0 aliphatic carbocycles. The van der Waals surface area contributed by atoms with E-state index in [-0.39, 0.29) is 28.2 Å². The van der Waals surface area contributed by atoms with Crippen LogP contribution in [0.3, 0.4) is 0 Å². The van der Waals surface area contributed by atoms with Crippen LogP contribution in [0.25, 0.3) is 11.3 Å². The van der Waals surface area contributed by atoms with E-state index in [2.05, 4.69) is 18.5 Å². The zero-order chi connectivity index (χ0) is 25.0. The summed E-state index contributed by atoms with van der Waals surface area (Å²) in [4.78, 5) is 29.3. The first-order valence-electron chi connectivity index (χ1n) is 11.6. The number of amides is 3. The number of nitrogens with one attached hydrogen (secondary N) is 1. The first-order chi connectivity index (χ1) is 16.9. The zero-order valence-corrected chi connectivity index (χ0v) is 20.1. The summed E-state index contributed by atoms with van der Waals surface area (Å²) in [6.45, 7) is 9.94. The van der Waals surface area contributed by atoms with Crippen LogP contribution in [0.15, 0.2) is 90.6 Å². The summed E-state index contributed by atoms with van der Waals surface area (Å²) in [6.07, 6.45) is 4.74. The van der Waals surface area contributed by atoms with Crippen molar-refractivity contribution in [2.24, 2.45) is 0 Å². The van der Waals surface area contributed by atoms with E-state index in [1.165, 1.54) is 0 Å². The highest BCUT2D eigenvalue weighted by Gasteiger charge is 2.54. The number of hydrogen-bond donors (Lipinski definition) is 1. The van der Waals surface area contributed by atoms with Crippen LogP contribution in [-0.4, -0.2) is 36.1 Å². The van der Waals surface area contributed by atoms with Gasteiger partial charge in [-0.1, -0.05) is 25.3 Å². The van der Waals surface area contributed by atoms with E-state index in [1.807, 2.05) is 49.4 Å². The van der Waals surface area contributed by atoms with Gasteiger partial charge < -0.3 is 14.1 Å². The van der Waals surface area contributed by atoms with Gasteiger partial charge >= 0.3 is 11.9 Å². The molecule has 7 nitrogen and oxygen atoms in total. The highest BCUT2D eigenvalue weighted by atomic mass is 16.5. The van der Waals surface area contributed by atoms with Crippen molar-refractivity contribution < 1.29 is 23.2 Å². The molecule has 0 bridgehead atoms. The van der Waals surface area contributed by atoms with E-state index in [4.69, 9.17) is 9.15 Å². The Bertz CT molecular complexity index is 1240. The van der Waals surface area contributed by atoms with Gasteiger partial charge in [-0.2, -0.15) is 4.48 Å². The summed E-state index contributed by atoms with van der Waals surface area (Å²) in [5, 5.41) is 2.99. The number of carbonyl (C=O) groups excluding carboxylic acids is 2. The standard InChI is InChI=1S/C28H29N3O4/c1-5-30(6-2)24-12-8-7-11-23(24)29-28(33)31(19-9-10-20(31)3)27(32)26-18-17-25(35-26)21-13-15-22(34-4)16-14-21/h5-8,11-18,20H,1-2,9-10,19H2,3-4H3/p+1/t20-,31?/m1/s1. The number of methoxy groups -OCH3 is 1. The molecule has 1 aliphatic rings. The van der Waals surface area contributed by atoms with Crippen molar-refractivity contribution in [2.75, 3.05) is 23.9 Å². The number of hydrogen-bond acceptors (Lipinski definition) is 5. The molecule has 0 saturated carbocycles. The minimum Gasteiger partial charge on any atom is -0.497 e. The topological polar surface area (TPSA) is 71.8 Å². The second-order valence-electron chi connectivity index (χ2n) is 8.50. The molecule has 1 saturated heterocycles. The summed E-state index contributed by atoms with van der Waals surface area (Å²) in [5.41, 5.74) is 2.10. The minimum atomic E-state index is -0.386. The number of para-hydroxylation sites is 2. The number of ether oxygens (including phenoxy) is 1. The Morgan fingerprint density at radius 2 is 1.80 bits per heavy atom. The van der Waals surface area contributed by atoms with Crippen LogP contribution in [0.2, 0.25) is 0 Å². The fourth-order valence-corrected chi connectivity index (χ4v) is 4.62. The molecular weight excluding hydrogens is 442 g/mol.